The summed E-state index contributed by atoms with van der Waals surface area (Å²) in [5.74, 6) is 2.65. The van der Waals surface area contributed by atoms with E-state index in [0.29, 0.717) is 0 Å². The quantitative estimate of drug-likeness (QED) is 0.491. The highest BCUT2D eigenvalue weighted by molar-refractivity contribution is 5.81. The van der Waals surface area contributed by atoms with Gasteiger partial charge in [-0.3, -0.25) is 4.79 Å². The summed E-state index contributed by atoms with van der Waals surface area (Å²) in [6, 6.07) is 0.0708. The van der Waals surface area contributed by atoms with Crippen LogP contribution in [0.3, 0.4) is 0 Å². The van der Waals surface area contributed by atoms with Gasteiger partial charge in [-0.05, 0) is 40.2 Å². The van der Waals surface area contributed by atoms with Gasteiger partial charge >= 0.3 is 0 Å². The first-order chi connectivity index (χ1) is 7.07. The van der Waals surface area contributed by atoms with Crippen LogP contribution in [0.15, 0.2) is 0 Å². The molecule has 0 saturated heterocycles. The smallest absolute Gasteiger partial charge is 0.237 e. The lowest BCUT2D eigenvalue weighted by molar-refractivity contribution is -0.123. The van der Waals surface area contributed by atoms with Crippen LogP contribution in [0, 0.1) is 12.3 Å². The molecule has 3 nitrogen and oxygen atoms in total. The number of unbranched alkanes of at least 4 members (excludes halogenated alkanes) is 2. The van der Waals surface area contributed by atoms with Gasteiger partial charge in [-0.15, -0.1) is 12.3 Å². The van der Waals surface area contributed by atoms with Crippen LogP contribution in [0.4, 0.5) is 0 Å². The summed E-state index contributed by atoms with van der Waals surface area (Å²) in [4.78, 5) is 11.5. The Kier molecular flexibility index (Phi) is 7.75. The van der Waals surface area contributed by atoms with E-state index >= 15 is 0 Å². The van der Waals surface area contributed by atoms with Crippen molar-refractivity contribution in [2.75, 3.05) is 6.54 Å². The minimum atomic E-state index is -0.127. The maximum atomic E-state index is 11.5. The third kappa shape index (κ3) is 8.02. The molecular weight excluding hydrogens is 188 g/mol. The Balaban J connectivity index is 3.52. The summed E-state index contributed by atoms with van der Waals surface area (Å²) >= 11 is 0. The lowest BCUT2D eigenvalue weighted by atomic mass is 10.2. The highest BCUT2D eigenvalue weighted by Gasteiger charge is 2.11. The third-order valence-corrected chi connectivity index (χ3v) is 2.02. The van der Waals surface area contributed by atoms with E-state index in [1.165, 1.54) is 0 Å². The van der Waals surface area contributed by atoms with E-state index in [1.54, 1.807) is 0 Å². The van der Waals surface area contributed by atoms with Crippen LogP contribution >= 0.6 is 0 Å². The number of hydrogen-bond donors (Lipinski definition) is 2. The number of carbonyl (C=O) groups is 1. The molecule has 0 aromatic rings. The summed E-state index contributed by atoms with van der Waals surface area (Å²) in [7, 11) is 0. The number of carbonyl (C=O) groups excluding carboxylic acids is 1. The molecule has 1 atom stereocenters. The molecule has 0 aromatic heterocycles. The maximum absolute atomic E-state index is 11.5. The van der Waals surface area contributed by atoms with Gasteiger partial charge in [-0.1, -0.05) is 0 Å². The van der Waals surface area contributed by atoms with E-state index in [2.05, 4.69) is 16.6 Å². The van der Waals surface area contributed by atoms with Gasteiger partial charge in [0.05, 0.1) is 6.04 Å². The maximum Gasteiger partial charge on any atom is 0.237 e. The van der Waals surface area contributed by atoms with E-state index < -0.39 is 0 Å². The fourth-order valence-electron chi connectivity index (χ4n) is 1.17. The normalized spacial score (nSPS) is 12.2. The molecule has 0 saturated carbocycles. The first-order valence-corrected chi connectivity index (χ1v) is 5.55. The average molecular weight is 210 g/mol. The molecule has 0 spiro atoms. The van der Waals surface area contributed by atoms with Crippen LogP contribution in [-0.2, 0) is 4.79 Å². The minimum absolute atomic E-state index is 0.0574. The van der Waals surface area contributed by atoms with Crippen LogP contribution in [0.5, 0.6) is 0 Å². The average Bonchev–Trinajstić information content (AvgIpc) is 2.16. The van der Waals surface area contributed by atoms with Crippen LogP contribution in [0.25, 0.3) is 0 Å². The standard InChI is InChI=1S/C12H22N2O/c1-5-6-7-8-9-13-11(4)12(15)14-10(2)3/h1,10-11,13H,6-9H2,2-4H3,(H,14,15). The zero-order valence-electron chi connectivity index (χ0n) is 9.97. The molecule has 0 heterocycles. The number of hydrogen-bond acceptors (Lipinski definition) is 2. The first kappa shape index (κ1) is 14.0. The third-order valence-electron chi connectivity index (χ3n) is 2.02. The monoisotopic (exact) mass is 210 g/mol. The van der Waals surface area contributed by atoms with Crippen LogP contribution in [0.2, 0.25) is 0 Å². The second-order valence-electron chi connectivity index (χ2n) is 4.00. The van der Waals surface area contributed by atoms with Crippen molar-refractivity contribution in [3.05, 3.63) is 0 Å². The van der Waals surface area contributed by atoms with Gasteiger partial charge in [0.1, 0.15) is 0 Å². The molecule has 86 valence electrons. The largest absolute Gasteiger partial charge is 0.353 e. The summed E-state index contributed by atoms with van der Waals surface area (Å²) in [6.45, 7) is 6.63. The Morgan fingerprint density at radius 1 is 1.33 bits per heavy atom. The van der Waals surface area contributed by atoms with Crippen LogP contribution in [0.1, 0.15) is 40.0 Å². The fourth-order valence-corrected chi connectivity index (χ4v) is 1.17. The zero-order chi connectivity index (χ0) is 11.7. The van der Waals surface area contributed by atoms with Gasteiger partial charge in [0.25, 0.3) is 0 Å². The van der Waals surface area contributed by atoms with Crippen molar-refractivity contribution in [1.82, 2.24) is 10.6 Å². The van der Waals surface area contributed by atoms with E-state index in [1.807, 2.05) is 20.8 Å². The Hall–Kier alpha value is -1.01. The van der Waals surface area contributed by atoms with Gasteiger partial charge in [0.15, 0.2) is 0 Å². The summed E-state index contributed by atoms with van der Waals surface area (Å²) in [6.07, 6.45) is 7.99. The first-order valence-electron chi connectivity index (χ1n) is 5.55. The van der Waals surface area contributed by atoms with E-state index in [-0.39, 0.29) is 18.0 Å². The van der Waals surface area contributed by atoms with Crippen molar-refractivity contribution in [3.8, 4) is 12.3 Å². The van der Waals surface area contributed by atoms with Crippen LogP contribution < -0.4 is 10.6 Å². The molecule has 0 fully saturated rings. The van der Waals surface area contributed by atoms with E-state index in [4.69, 9.17) is 6.42 Å². The molecule has 0 rings (SSSR count). The molecule has 0 aliphatic carbocycles. The van der Waals surface area contributed by atoms with Crippen LogP contribution in [-0.4, -0.2) is 24.5 Å². The lowest BCUT2D eigenvalue weighted by Crippen LogP contribution is -2.44. The van der Waals surface area contributed by atoms with Gasteiger partial charge in [0.2, 0.25) is 5.91 Å². The van der Waals surface area contributed by atoms with Gasteiger partial charge < -0.3 is 10.6 Å². The van der Waals surface area contributed by atoms with Gasteiger partial charge in [-0.25, -0.2) is 0 Å². The van der Waals surface area contributed by atoms with Crippen molar-refractivity contribution in [1.29, 1.82) is 0 Å². The second-order valence-corrected chi connectivity index (χ2v) is 4.00. The highest BCUT2D eigenvalue weighted by atomic mass is 16.2. The molecule has 3 heteroatoms. The molecule has 1 amide bonds. The fraction of sp³-hybridized carbons (Fsp3) is 0.750. The number of rotatable bonds is 7. The van der Waals surface area contributed by atoms with E-state index in [9.17, 15) is 4.79 Å². The Morgan fingerprint density at radius 3 is 2.53 bits per heavy atom. The molecule has 0 aromatic carbocycles. The minimum Gasteiger partial charge on any atom is -0.353 e. The Bertz CT molecular complexity index is 218. The highest BCUT2D eigenvalue weighted by Crippen LogP contribution is 1.93. The molecular formula is C12H22N2O. The van der Waals surface area contributed by atoms with Crippen molar-refractivity contribution in [2.45, 2.75) is 52.1 Å². The predicted molar refractivity (Wildman–Crippen MR) is 63.4 cm³/mol. The van der Waals surface area contributed by atoms with Gasteiger partial charge in [-0.2, -0.15) is 0 Å². The number of nitrogens with one attached hydrogen (secondary N) is 2. The van der Waals surface area contributed by atoms with Crippen molar-refractivity contribution in [2.24, 2.45) is 0 Å². The number of amides is 1. The molecule has 0 radical (unpaired) electrons. The summed E-state index contributed by atoms with van der Waals surface area (Å²) in [5, 5.41) is 6.03. The molecule has 1 unspecified atom stereocenters. The zero-order valence-corrected chi connectivity index (χ0v) is 9.97. The SMILES string of the molecule is C#CCCCCNC(C)C(=O)NC(C)C. The Labute approximate surface area is 93.0 Å². The molecule has 0 aliphatic rings. The second kappa shape index (κ2) is 8.31. The topological polar surface area (TPSA) is 41.1 Å². The molecule has 15 heavy (non-hydrogen) atoms. The Morgan fingerprint density at radius 2 is 2.00 bits per heavy atom. The summed E-state index contributed by atoms with van der Waals surface area (Å²) < 4.78 is 0. The lowest BCUT2D eigenvalue weighted by Gasteiger charge is -2.15. The van der Waals surface area contributed by atoms with Crippen molar-refractivity contribution < 1.29 is 4.79 Å². The molecule has 0 bridgehead atoms. The van der Waals surface area contributed by atoms with Crippen molar-refractivity contribution in [3.63, 3.8) is 0 Å². The summed E-state index contributed by atoms with van der Waals surface area (Å²) in [5.41, 5.74) is 0. The van der Waals surface area contributed by atoms with E-state index in [0.717, 1.165) is 25.8 Å². The molecule has 2 N–H and O–H groups in total. The number of terminal acetylenes is 1. The molecule has 0 aliphatic heterocycles. The predicted octanol–water partition coefficient (Wildman–Crippen LogP) is 1.29. The van der Waals surface area contributed by atoms with Crippen molar-refractivity contribution >= 4 is 5.91 Å². The van der Waals surface area contributed by atoms with Gasteiger partial charge in [0, 0.05) is 12.5 Å².